The lowest BCUT2D eigenvalue weighted by Crippen LogP contribution is -2.24. The minimum atomic E-state index is 0. The van der Waals surface area contributed by atoms with Crippen molar-refractivity contribution in [3.63, 3.8) is 0 Å². The molecule has 0 atom stereocenters. The molecule has 2 fully saturated rings. The molecule has 2 aliphatic carbocycles. The van der Waals surface area contributed by atoms with Gasteiger partial charge in [0.2, 0.25) is 0 Å². The smallest absolute Gasteiger partial charge is 0.152 e. The largest absolute Gasteiger partial charge is 0.412 e. The molecule has 2 heteroatoms. The normalized spacial score (nSPS) is 35.6. The van der Waals surface area contributed by atoms with E-state index in [1.54, 1.807) is 0 Å². The highest BCUT2D eigenvalue weighted by molar-refractivity contribution is 5.18. The van der Waals surface area contributed by atoms with Gasteiger partial charge in [0.15, 0.2) is 6.07 Å². The third-order valence-electron chi connectivity index (χ3n) is 4.83. The Bertz CT molecular complexity index is 336. The van der Waals surface area contributed by atoms with Crippen LogP contribution in [0.3, 0.4) is 0 Å². The summed E-state index contributed by atoms with van der Waals surface area (Å²) in [5.41, 5.74) is 0. The van der Waals surface area contributed by atoms with Gasteiger partial charge in [-0.05, 0) is 56.3 Å². The second kappa shape index (κ2) is 7.45. The third-order valence-corrected chi connectivity index (χ3v) is 4.83. The second-order valence-electron chi connectivity index (χ2n) is 6.01. The Morgan fingerprint density at radius 2 is 1.39 bits per heavy atom. The monoisotopic (exact) mass is 249 g/mol. The van der Waals surface area contributed by atoms with E-state index in [1.807, 2.05) is 6.07 Å². The summed E-state index contributed by atoms with van der Waals surface area (Å²) >= 11 is 0. The average molecular weight is 249 g/mol. The Labute approximate surface area is 113 Å². The molecule has 0 aromatic rings. The molecule has 102 valence electrons. The summed E-state index contributed by atoms with van der Waals surface area (Å²) in [4.78, 5) is 0. The molecule has 0 radical (unpaired) electrons. The summed E-state index contributed by atoms with van der Waals surface area (Å²) in [6.45, 7) is 2.39. The molecule has 0 heterocycles. The lowest BCUT2D eigenvalue weighted by Gasteiger charge is -2.36. The topological polar surface area (TPSA) is 55.3 Å². The van der Waals surface area contributed by atoms with Crippen molar-refractivity contribution in [1.29, 1.82) is 5.26 Å². The molecule has 0 aromatic carbocycles. The van der Waals surface area contributed by atoms with Crippen LogP contribution >= 0.6 is 0 Å². The molecule has 0 spiro atoms. The van der Waals surface area contributed by atoms with Crippen molar-refractivity contribution < 1.29 is 6.90 Å². The van der Waals surface area contributed by atoms with Gasteiger partial charge < -0.3 is 5.48 Å². The first-order chi connectivity index (χ1) is 8.29. The number of hydrogen-bond donors (Lipinski definition) is 0. The van der Waals surface area contributed by atoms with E-state index in [4.69, 9.17) is 5.26 Å². The van der Waals surface area contributed by atoms with Crippen LogP contribution in [0, 0.1) is 46.8 Å². The summed E-state index contributed by atoms with van der Waals surface area (Å²) in [6.07, 6.45) is 11.0. The van der Waals surface area contributed by atoms with Crippen molar-refractivity contribution in [1.82, 2.24) is 0 Å². The molecule has 0 saturated heterocycles. The van der Waals surface area contributed by atoms with Gasteiger partial charge in [0.05, 0.1) is 0 Å². The van der Waals surface area contributed by atoms with Gasteiger partial charge >= 0.3 is 0 Å². The molecule has 2 aliphatic rings. The fraction of sp³-hybridized carbons (Fsp3) is 0.812. The molecule has 2 N–H and O–H groups in total. The molecule has 18 heavy (non-hydrogen) atoms. The molecule has 2 rings (SSSR count). The van der Waals surface area contributed by atoms with Gasteiger partial charge in [-0.2, -0.15) is 5.26 Å². The summed E-state index contributed by atoms with van der Waals surface area (Å²) in [7, 11) is 0. The maximum atomic E-state index is 8.45. The maximum Gasteiger partial charge on any atom is 0.152 e. The first-order valence-corrected chi connectivity index (χ1v) is 7.19. The highest BCUT2D eigenvalue weighted by atomic mass is 16.0. The van der Waals surface area contributed by atoms with Crippen LogP contribution in [0.15, 0.2) is 0 Å². The summed E-state index contributed by atoms with van der Waals surface area (Å²) < 4.78 is 0. The van der Waals surface area contributed by atoms with Crippen molar-refractivity contribution >= 4 is 0 Å². The molecule has 0 amide bonds. The molecule has 2 nitrogen and oxygen atoms in total. The lowest BCUT2D eigenvalue weighted by atomic mass is 9.69. The fourth-order valence-electron chi connectivity index (χ4n) is 3.63. The van der Waals surface area contributed by atoms with Gasteiger partial charge in [-0.15, -0.1) is 0 Å². The van der Waals surface area contributed by atoms with Gasteiger partial charge in [0, 0.05) is 13.3 Å². The number of nitrogens with zero attached hydrogens (tertiary/aromatic N) is 1. The molecular weight excluding hydrogens is 222 g/mol. The Balaban J connectivity index is 0.00000162. The van der Waals surface area contributed by atoms with Crippen LogP contribution in [-0.2, 0) is 0 Å². The first kappa shape index (κ1) is 15.1. The van der Waals surface area contributed by atoms with E-state index in [-0.39, 0.29) is 6.90 Å². The van der Waals surface area contributed by atoms with Crippen molar-refractivity contribution in [3.8, 4) is 17.9 Å². The average Bonchev–Trinajstić information content (AvgIpc) is 2.38. The first-order valence-electron chi connectivity index (χ1n) is 7.19. The summed E-state index contributed by atoms with van der Waals surface area (Å²) in [5.74, 6) is 9.09. The quantitative estimate of drug-likeness (QED) is 0.655. The SMILES string of the molecule is CC1CCC(C2CCC(C#CC#N)CC2)CC1.O.[HH]. The predicted molar refractivity (Wildman–Crippen MR) is 75.7 cm³/mol. The Kier molecular flexibility index (Phi) is 6.23. The second-order valence-corrected chi connectivity index (χ2v) is 6.01. The van der Waals surface area contributed by atoms with Gasteiger partial charge in [-0.3, -0.25) is 0 Å². The maximum absolute atomic E-state index is 8.45. The molecular formula is C16H27NO. The van der Waals surface area contributed by atoms with Gasteiger partial charge in [0.25, 0.3) is 0 Å². The van der Waals surface area contributed by atoms with E-state index in [0.717, 1.165) is 17.8 Å². The third kappa shape index (κ3) is 4.04. The standard InChI is InChI=1S/C16H23N.H2O.H2/c1-13-4-8-15(9-5-13)16-10-6-14(7-11-16)3-2-12-17;;/h13-16H,4-11H2,1H3;1H2;1H. The van der Waals surface area contributed by atoms with Gasteiger partial charge in [-0.25, -0.2) is 0 Å². The molecule has 0 bridgehead atoms. The lowest BCUT2D eigenvalue weighted by molar-refractivity contribution is 0.162. The van der Waals surface area contributed by atoms with Gasteiger partial charge in [0.1, 0.15) is 0 Å². The zero-order valence-electron chi connectivity index (χ0n) is 11.4. The van der Waals surface area contributed by atoms with E-state index in [1.165, 1.54) is 51.4 Å². The van der Waals surface area contributed by atoms with E-state index in [2.05, 4.69) is 18.8 Å². The summed E-state index contributed by atoms with van der Waals surface area (Å²) in [5, 5.41) is 8.45. The van der Waals surface area contributed by atoms with Crippen LogP contribution in [0.4, 0.5) is 0 Å². The fourth-order valence-corrected chi connectivity index (χ4v) is 3.63. The van der Waals surface area contributed by atoms with Crippen molar-refractivity contribution in [3.05, 3.63) is 0 Å². The highest BCUT2D eigenvalue weighted by Gasteiger charge is 2.29. The Morgan fingerprint density at radius 3 is 1.89 bits per heavy atom. The van der Waals surface area contributed by atoms with E-state index in [9.17, 15) is 0 Å². The summed E-state index contributed by atoms with van der Waals surface area (Å²) in [6, 6.07) is 1.93. The predicted octanol–water partition coefficient (Wildman–Crippen LogP) is 3.57. The van der Waals surface area contributed by atoms with Crippen LogP contribution < -0.4 is 0 Å². The Morgan fingerprint density at radius 1 is 0.889 bits per heavy atom. The zero-order chi connectivity index (χ0) is 12.1. The van der Waals surface area contributed by atoms with Crippen LogP contribution in [0.5, 0.6) is 0 Å². The molecule has 0 aliphatic heterocycles. The number of hydrogen-bond acceptors (Lipinski definition) is 1. The van der Waals surface area contributed by atoms with Crippen molar-refractivity contribution in [2.24, 2.45) is 23.7 Å². The Hall–Kier alpha value is -0.990. The van der Waals surface area contributed by atoms with E-state index in [0.29, 0.717) is 5.92 Å². The zero-order valence-corrected chi connectivity index (χ0v) is 11.4. The van der Waals surface area contributed by atoms with Crippen molar-refractivity contribution in [2.45, 2.75) is 58.3 Å². The van der Waals surface area contributed by atoms with Crippen molar-refractivity contribution in [2.75, 3.05) is 0 Å². The van der Waals surface area contributed by atoms with Crippen LogP contribution in [0.1, 0.15) is 59.7 Å². The minimum absolute atomic E-state index is 0. The minimum Gasteiger partial charge on any atom is -0.412 e. The molecule has 0 aromatic heterocycles. The van der Waals surface area contributed by atoms with Gasteiger partial charge in [-0.1, -0.05) is 25.7 Å². The van der Waals surface area contributed by atoms with E-state index < -0.39 is 0 Å². The van der Waals surface area contributed by atoms with Crippen LogP contribution in [-0.4, -0.2) is 5.48 Å². The number of nitriles is 1. The van der Waals surface area contributed by atoms with Crippen LogP contribution in [0.25, 0.3) is 0 Å². The van der Waals surface area contributed by atoms with Crippen LogP contribution in [0.2, 0.25) is 0 Å². The number of rotatable bonds is 1. The molecule has 2 saturated carbocycles. The highest BCUT2D eigenvalue weighted by Crippen LogP contribution is 2.40. The van der Waals surface area contributed by atoms with E-state index >= 15 is 0 Å². The molecule has 0 unspecified atom stereocenters.